The topological polar surface area (TPSA) is 58.6 Å². The summed E-state index contributed by atoms with van der Waals surface area (Å²) >= 11 is 0. The summed E-state index contributed by atoms with van der Waals surface area (Å²) in [4.78, 5) is 27.7. The van der Waals surface area contributed by atoms with Crippen molar-refractivity contribution in [1.82, 2.24) is 10.2 Å². The van der Waals surface area contributed by atoms with Crippen molar-refractivity contribution in [3.8, 4) is 5.75 Å². The second-order valence-electron chi connectivity index (χ2n) is 8.77. The summed E-state index contributed by atoms with van der Waals surface area (Å²) in [7, 11) is 0. The van der Waals surface area contributed by atoms with Gasteiger partial charge in [0.2, 0.25) is 5.91 Å². The van der Waals surface area contributed by atoms with E-state index in [0.717, 1.165) is 16.7 Å². The van der Waals surface area contributed by atoms with Gasteiger partial charge in [-0.1, -0.05) is 54.4 Å². The van der Waals surface area contributed by atoms with Crippen molar-refractivity contribution in [2.75, 3.05) is 6.61 Å². The molecular formula is C25H34N2O3. The molecule has 30 heavy (non-hydrogen) atoms. The van der Waals surface area contributed by atoms with Crippen LogP contribution < -0.4 is 10.1 Å². The molecule has 1 unspecified atom stereocenters. The van der Waals surface area contributed by atoms with E-state index >= 15 is 0 Å². The van der Waals surface area contributed by atoms with Crippen LogP contribution in [-0.2, 0) is 16.1 Å². The molecule has 0 radical (unpaired) electrons. The standard InChI is InChI=1S/C25H34N2O3/c1-7-22(24(29)26-25(4,5)6)27(16-20-12-8-18(2)9-13-20)23(28)17-30-21-14-10-19(3)11-15-21/h8-15,22H,7,16-17H2,1-6H3,(H,26,29). The Hall–Kier alpha value is -2.82. The van der Waals surface area contributed by atoms with Crippen LogP contribution in [-0.4, -0.2) is 34.9 Å². The Labute approximate surface area is 180 Å². The lowest BCUT2D eigenvalue weighted by molar-refractivity contribution is -0.143. The lowest BCUT2D eigenvalue weighted by Gasteiger charge is -2.33. The van der Waals surface area contributed by atoms with Crippen molar-refractivity contribution >= 4 is 11.8 Å². The molecule has 162 valence electrons. The maximum absolute atomic E-state index is 13.1. The van der Waals surface area contributed by atoms with Gasteiger partial charge in [-0.15, -0.1) is 0 Å². The summed E-state index contributed by atoms with van der Waals surface area (Å²) in [6, 6.07) is 15.0. The largest absolute Gasteiger partial charge is 0.484 e. The van der Waals surface area contributed by atoms with Crippen LogP contribution in [0.2, 0.25) is 0 Å². The van der Waals surface area contributed by atoms with Gasteiger partial charge in [-0.2, -0.15) is 0 Å². The number of benzene rings is 2. The van der Waals surface area contributed by atoms with Crippen molar-refractivity contribution in [3.05, 3.63) is 65.2 Å². The second-order valence-corrected chi connectivity index (χ2v) is 8.77. The van der Waals surface area contributed by atoms with Crippen molar-refractivity contribution in [3.63, 3.8) is 0 Å². The summed E-state index contributed by atoms with van der Waals surface area (Å²) in [6.45, 7) is 12.0. The fraction of sp³-hybridized carbons (Fsp3) is 0.440. The van der Waals surface area contributed by atoms with E-state index in [2.05, 4.69) is 5.32 Å². The van der Waals surface area contributed by atoms with Crippen LogP contribution >= 0.6 is 0 Å². The van der Waals surface area contributed by atoms with Crippen LogP contribution in [0.3, 0.4) is 0 Å². The fourth-order valence-electron chi connectivity index (χ4n) is 3.13. The zero-order valence-electron chi connectivity index (χ0n) is 19.0. The van der Waals surface area contributed by atoms with Gasteiger partial charge in [-0.05, 0) is 58.7 Å². The third-order valence-electron chi connectivity index (χ3n) is 4.74. The van der Waals surface area contributed by atoms with E-state index in [1.54, 1.807) is 4.90 Å². The molecule has 0 aliphatic heterocycles. The number of rotatable bonds is 8. The molecule has 0 aliphatic carbocycles. The predicted octanol–water partition coefficient (Wildman–Crippen LogP) is 4.40. The number of aryl methyl sites for hydroxylation is 2. The van der Waals surface area contributed by atoms with E-state index in [4.69, 9.17) is 4.74 Å². The van der Waals surface area contributed by atoms with Gasteiger partial charge in [-0.3, -0.25) is 9.59 Å². The van der Waals surface area contributed by atoms with Gasteiger partial charge in [0.25, 0.3) is 5.91 Å². The monoisotopic (exact) mass is 410 g/mol. The van der Waals surface area contributed by atoms with Crippen LogP contribution in [0.25, 0.3) is 0 Å². The van der Waals surface area contributed by atoms with E-state index in [-0.39, 0.29) is 24.0 Å². The average Bonchev–Trinajstić information content (AvgIpc) is 2.67. The van der Waals surface area contributed by atoms with Gasteiger partial charge >= 0.3 is 0 Å². The first-order valence-corrected chi connectivity index (χ1v) is 10.5. The van der Waals surface area contributed by atoms with E-state index in [1.807, 2.05) is 90.1 Å². The highest BCUT2D eigenvalue weighted by Crippen LogP contribution is 2.16. The number of hydrogen-bond donors (Lipinski definition) is 1. The first kappa shape index (κ1) is 23.5. The van der Waals surface area contributed by atoms with Gasteiger partial charge in [0.05, 0.1) is 0 Å². The minimum atomic E-state index is -0.570. The summed E-state index contributed by atoms with van der Waals surface area (Å²) < 4.78 is 5.71. The third-order valence-corrected chi connectivity index (χ3v) is 4.74. The Morgan fingerprint density at radius 3 is 2.00 bits per heavy atom. The maximum atomic E-state index is 13.1. The van der Waals surface area contributed by atoms with Crippen LogP contribution in [0.5, 0.6) is 5.75 Å². The highest BCUT2D eigenvalue weighted by Gasteiger charge is 2.30. The molecule has 2 rings (SSSR count). The van der Waals surface area contributed by atoms with E-state index in [9.17, 15) is 9.59 Å². The highest BCUT2D eigenvalue weighted by atomic mass is 16.5. The molecule has 5 nitrogen and oxygen atoms in total. The van der Waals surface area contributed by atoms with Gasteiger partial charge in [-0.25, -0.2) is 0 Å². The van der Waals surface area contributed by atoms with Crippen LogP contribution in [0.4, 0.5) is 0 Å². The quantitative estimate of drug-likeness (QED) is 0.701. The average molecular weight is 411 g/mol. The lowest BCUT2D eigenvalue weighted by Crippen LogP contribution is -2.54. The van der Waals surface area contributed by atoms with Gasteiger partial charge in [0.15, 0.2) is 6.61 Å². The van der Waals surface area contributed by atoms with Crippen LogP contribution in [0, 0.1) is 13.8 Å². The van der Waals surface area contributed by atoms with Crippen molar-refractivity contribution in [2.45, 2.75) is 66.1 Å². The first-order valence-electron chi connectivity index (χ1n) is 10.5. The Morgan fingerprint density at radius 2 is 1.50 bits per heavy atom. The molecule has 2 aromatic rings. The van der Waals surface area contributed by atoms with Crippen molar-refractivity contribution in [1.29, 1.82) is 0 Å². The molecule has 0 bridgehead atoms. The highest BCUT2D eigenvalue weighted by molar-refractivity contribution is 5.88. The number of nitrogens with one attached hydrogen (secondary N) is 1. The number of amides is 2. The molecule has 2 amide bonds. The van der Waals surface area contributed by atoms with Crippen molar-refractivity contribution < 1.29 is 14.3 Å². The number of carbonyl (C=O) groups is 2. The molecule has 0 fully saturated rings. The summed E-state index contributed by atoms with van der Waals surface area (Å²) in [6.07, 6.45) is 0.518. The molecule has 0 saturated heterocycles. The molecule has 1 atom stereocenters. The van der Waals surface area contributed by atoms with Crippen LogP contribution in [0.15, 0.2) is 48.5 Å². The molecule has 0 spiro atoms. The maximum Gasteiger partial charge on any atom is 0.261 e. The second kappa shape index (κ2) is 10.3. The summed E-state index contributed by atoms with van der Waals surface area (Å²) in [5.74, 6) is 0.268. The zero-order chi connectivity index (χ0) is 22.3. The Morgan fingerprint density at radius 1 is 0.967 bits per heavy atom. The smallest absolute Gasteiger partial charge is 0.261 e. The van der Waals surface area contributed by atoms with Gasteiger partial charge < -0.3 is 15.0 Å². The summed E-state index contributed by atoms with van der Waals surface area (Å²) in [5, 5.41) is 3.01. The molecular weight excluding hydrogens is 376 g/mol. The molecule has 5 heteroatoms. The Balaban J connectivity index is 2.21. The van der Waals surface area contributed by atoms with E-state index in [1.165, 1.54) is 0 Å². The first-order chi connectivity index (χ1) is 14.1. The van der Waals surface area contributed by atoms with Crippen LogP contribution in [0.1, 0.15) is 50.8 Å². The molecule has 0 heterocycles. The molecule has 0 aromatic heterocycles. The minimum Gasteiger partial charge on any atom is -0.484 e. The van der Waals surface area contributed by atoms with Crippen molar-refractivity contribution in [2.24, 2.45) is 0 Å². The van der Waals surface area contributed by atoms with E-state index < -0.39 is 6.04 Å². The number of hydrogen-bond acceptors (Lipinski definition) is 3. The summed E-state index contributed by atoms with van der Waals surface area (Å²) in [5.41, 5.74) is 2.88. The molecule has 0 aliphatic rings. The zero-order valence-corrected chi connectivity index (χ0v) is 19.0. The molecule has 0 saturated carbocycles. The van der Waals surface area contributed by atoms with E-state index in [0.29, 0.717) is 18.7 Å². The molecule has 1 N–H and O–H groups in total. The number of ether oxygens (including phenoxy) is 1. The fourth-order valence-corrected chi connectivity index (χ4v) is 3.13. The Kier molecular flexibility index (Phi) is 8.04. The Bertz CT molecular complexity index is 836. The predicted molar refractivity (Wildman–Crippen MR) is 120 cm³/mol. The number of carbonyl (C=O) groups excluding carboxylic acids is 2. The number of nitrogens with zero attached hydrogens (tertiary/aromatic N) is 1. The normalized spacial score (nSPS) is 12.2. The SMILES string of the molecule is CCC(C(=O)NC(C)(C)C)N(Cc1ccc(C)cc1)C(=O)COc1ccc(C)cc1. The minimum absolute atomic E-state index is 0.117. The van der Waals surface area contributed by atoms with Gasteiger partial charge in [0.1, 0.15) is 11.8 Å². The van der Waals surface area contributed by atoms with Gasteiger partial charge in [0, 0.05) is 12.1 Å². The molecule has 2 aromatic carbocycles. The third kappa shape index (κ3) is 7.21. The lowest BCUT2D eigenvalue weighted by atomic mass is 10.1.